The molecule has 2 aliphatic rings. The zero-order valence-electron chi connectivity index (χ0n) is 14.3. The van der Waals surface area contributed by atoms with Crippen LogP contribution >= 0.6 is 0 Å². The van der Waals surface area contributed by atoms with E-state index in [4.69, 9.17) is 0 Å². The largest absolute Gasteiger partial charge is 0.356 e. The van der Waals surface area contributed by atoms with E-state index in [9.17, 15) is 8.42 Å². The second-order valence-electron chi connectivity index (χ2n) is 6.58. The molecule has 8 heteroatoms. The maximum Gasteiger partial charge on any atom is 0.208 e. The van der Waals surface area contributed by atoms with E-state index in [-0.39, 0.29) is 0 Å². The highest BCUT2D eigenvalue weighted by molar-refractivity contribution is 7.88. The van der Waals surface area contributed by atoms with Gasteiger partial charge in [0.2, 0.25) is 10.0 Å². The topological polar surface area (TPSA) is 85.8 Å². The Morgan fingerprint density at radius 3 is 2.61 bits per heavy atom. The Balaban J connectivity index is 1.63. The van der Waals surface area contributed by atoms with Gasteiger partial charge in [0.05, 0.1) is 6.26 Å². The van der Waals surface area contributed by atoms with Crippen LogP contribution in [0.1, 0.15) is 38.5 Å². The van der Waals surface area contributed by atoms with Crippen molar-refractivity contribution in [3.63, 3.8) is 0 Å². The van der Waals surface area contributed by atoms with Crippen molar-refractivity contribution in [1.29, 1.82) is 0 Å². The Morgan fingerprint density at radius 1 is 1.22 bits per heavy atom. The maximum absolute atomic E-state index is 11.0. The molecule has 0 aromatic rings. The molecule has 1 aliphatic carbocycles. The Kier molecular flexibility index (Phi) is 7.10. The fourth-order valence-electron chi connectivity index (χ4n) is 3.45. The summed E-state index contributed by atoms with van der Waals surface area (Å²) in [4.78, 5) is 6.88. The van der Waals surface area contributed by atoms with Crippen molar-refractivity contribution in [1.82, 2.24) is 20.3 Å². The van der Waals surface area contributed by atoms with Crippen molar-refractivity contribution in [3.8, 4) is 0 Å². The van der Waals surface area contributed by atoms with Crippen LogP contribution in [0.2, 0.25) is 0 Å². The van der Waals surface area contributed by atoms with Gasteiger partial charge in [-0.1, -0.05) is 12.8 Å². The highest BCUT2D eigenvalue weighted by Gasteiger charge is 2.30. The van der Waals surface area contributed by atoms with Gasteiger partial charge in [0.1, 0.15) is 0 Å². The van der Waals surface area contributed by atoms with Gasteiger partial charge >= 0.3 is 0 Å². The average Bonchev–Trinajstić information content (AvgIpc) is 3.15. The van der Waals surface area contributed by atoms with Crippen LogP contribution in [0.25, 0.3) is 0 Å². The van der Waals surface area contributed by atoms with Crippen LogP contribution in [0.3, 0.4) is 0 Å². The minimum absolute atomic E-state index is 0.446. The van der Waals surface area contributed by atoms with Crippen molar-refractivity contribution in [2.45, 2.75) is 50.6 Å². The lowest BCUT2D eigenvalue weighted by atomic mass is 10.2. The smallest absolute Gasteiger partial charge is 0.208 e. The van der Waals surface area contributed by atoms with Crippen LogP contribution < -0.4 is 15.4 Å². The monoisotopic (exact) mass is 345 g/mol. The molecule has 134 valence electrons. The van der Waals surface area contributed by atoms with E-state index in [0.29, 0.717) is 19.1 Å². The molecule has 7 nitrogen and oxygen atoms in total. The second-order valence-corrected chi connectivity index (χ2v) is 8.42. The Morgan fingerprint density at radius 2 is 1.96 bits per heavy atom. The molecule has 1 unspecified atom stereocenters. The third kappa shape index (κ3) is 6.64. The maximum atomic E-state index is 11.0. The molecule has 0 aromatic heterocycles. The lowest BCUT2D eigenvalue weighted by Crippen LogP contribution is -2.45. The summed E-state index contributed by atoms with van der Waals surface area (Å²) in [6.07, 6.45) is 8.53. The quantitative estimate of drug-likeness (QED) is 0.346. The molecule has 0 bridgehead atoms. The van der Waals surface area contributed by atoms with Gasteiger partial charge in [-0.15, -0.1) is 0 Å². The van der Waals surface area contributed by atoms with Crippen LogP contribution in [0.4, 0.5) is 0 Å². The van der Waals surface area contributed by atoms with Gasteiger partial charge in [0.25, 0.3) is 0 Å². The molecule has 1 atom stereocenters. The van der Waals surface area contributed by atoms with Crippen molar-refractivity contribution < 1.29 is 8.42 Å². The highest BCUT2D eigenvalue weighted by Crippen LogP contribution is 2.26. The molecule has 0 spiro atoms. The zero-order chi connectivity index (χ0) is 16.7. The minimum atomic E-state index is -3.09. The van der Waals surface area contributed by atoms with Crippen molar-refractivity contribution in [2.24, 2.45) is 4.99 Å². The third-order valence-corrected chi connectivity index (χ3v) is 5.36. The summed E-state index contributed by atoms with van der Waals surface area (Å²) in [6.45, 7) is 3.42. The minimum Gasteiger partial charge on any atom is -0.356 e. The summed E-state index contributed by atoms with van der Waals surface area (Å²) in [7, 11) is -1.32. The van der Waals surface area contributed by atoms with E-state index in [1.807, 2.05) is 0 Å². The first-order chi connectivity index (χ1) is 11.0. The normalized spacial score (nSPS) is 24.3. The first-order valence-corrected chi connectivity index (χ1v) is 10.5. The third-order valence-electron chi connectivity index (χ3n) is 4.64. The number of sulfonamides is 1. The summed E-state index contributed by atoms with van der Waals surface area (Å²) < 4.78 is 24.5. The van der Waals surface area contributed by atoms with Crippen molar-refractivity contribution >= 4 is 16.0 Å². The van der Waals surface area contributed by atoms with Crippen molar-refractivity contribution in [2.75, 3.05) is 39.5 Å². The molecule has 0 aromatic carbocycles. The Bertz CT molecular complexity index is 488. The van der Waals surface area contributed by atoms with E-state index in [1.165, 1.54) is 38.5 Å². The standard InChI is InChI=1S/C15H31N5O2S/c1-16-15(17-9-5-10-18-23(2,21)22)19-13-8-11-20(12-13)14-6-3-4-7-14/h13-14,18H,3-12H2,1-2H3,(H2,16,17,19). The zero-order valence-corrected chi connectivity index (χ0v) is 15.2. The number of nitrogens with one attached hydrogen (secondary N) is 3. The van der Waals surface area contributed by atoms with E-state index >= 15 is 0 Å². The number of likely N-dealkylation sites (tertiary alicyclic amines) is 1. The number of rotatable bonds is 7. The average molecular weight is 346 g/mol. The fraction of sp³-hybridized carbons (Fsp3) is 0.933. The van der Waals surface area contributed by atoms with Crippen LogP contribution in [0.5, 0.6) is 0 Å². The molecule has 23 heavy (non-hydrogen) atoms. The molecule has 0 amide bonds. The second kappa shape index (κ2) is 8.84. The molecule has 1 saturated carbocycles. The van der Waals surface area contributed by atoms with Crippen molar-refractivity contribution in [3.05, 3.63) is 0 Å². The number of aliphatic imine (C=N–C) groups is 1. The summed E-state index contributed by atoms with van der Waals surface area (Å²) in [5.74, 6) is 0.808. The molecule has 1 heterocycles. The van der Waals surface area contributed by atoms with E-state index in [2.05, 4.69) is 25.2 Å². The van der Waals surface area contributed by atoms with Crippen LogP contribution in [-0.4, -0.2) is 70.8 Å². The van der Waals surface area contributed by atoms with Gasteiger partial charge in [-0.05, 0) is 25.7 Å². The molecule has 0 radical (unpaired) electrons. The highest BCUT2D eigenvalue weighted by atomic mass is 32.2. The predicted molar refractivity (Wildman–Crippen MR) is 94.2 cm³/mol. The summed E-state index contributed by atoms with van der Waals surface area (Å²) >= 11 is 0. The molecule has 1 saturated heterocycles. The van der Waals surface area contributed by atoms with E-state index in [0.717, 1.165) is 31.4 Å². The molecule has 2 fully saturated rings. The van der Waals surface area contributed by atoms with Gasteiger partial charge in [-0.2, -0.15) is 0 Å². The Labute approximate surface area is 140 Å². The molecular weight excluding hydrogens is 314 g/mol. The Hall–Kier alpha value is -0.860. The van der Waals surface area contributed by atoms with E-state index < -0.39 is 10.0 Å². The van der Waals surface area contributed by atoms with E-state index in [1.54, 1.807) is 7.05 Å². The number of hydrogen-bond donors (Lipinski definition) is 3. The van der Waals surface area contributed by atoms with Crippen LogP contribution in [0, 0.1) is 0 Å². The lowest BCUT2D eigenvalue weighted by Gasteiger charge is -2.24. The summed E-state index contributed by atoms with van der Waals surface area (Å²) in [6, 6.07) is 1.25. The first kappa shape index (κ1) is 18.5. The van der Waals surface area contributed by atoms with Gasteiger partial charge in [0, 0.05) is 45.3 Å². The predicted octanol–water partition coefficient (Wildman–Crippen LogP) is 0.108. The number of nitrogens with zero attached hydrogens (tertiary/aromatic N) is 2. The van der Waals surface area contributed by atoms with Gasteiger partial charge in [-0.3, -0.25) is 9.89 Å². The number of guanidine groups is 1. The molecule has 1 aliphatic heterocycles. The first-order valence-electron chi connectivity index (χ1n) is 8.64. The summed E-state index contributed by atoms with van der Waals surface area (Å²) in [5.41, 5.74) is 0. The van der Waals surface area contributed by atoms with Gasteiger partial charge < -0.3 is 10.6 Å². The lowest BCUT2D eigenvalue weighted by molar-refractivity contribution is 0.242. The fourth-order valence-corrected chi connectivity index (χ4v) is 3.96. The number of hydrogen-bond acceptors (Lipinski definition) is 4. The van der Waals surface area contributed by atoms with Crippen LogP contribution in [-0.2, 0) is 10.0 Å². The van der Waals surface area contributed by atoms with Crippen LogP contribution in [0.15, 0.2) is 4.99 Å². The molecule has 2 rings (SSSR count). The SMILES string of the molecule is CN=C(NCCCNS(C)(=O)=O)NC1CCN(C2CCCC2)C1. The van der Waals surface area contributed by atoms with Gasteiger partial charge in [0.15, 0.2) is 5.96 Å². The summed E-state index contributed by atoms with van der Waals surface area (Å²) in [5, 5.41) is 6.74. The molecular formula is C15H31N5O2S. The van der Waals surface area contributed by atoms with Gasteiger partial charge in [-0.25, -0.2) is 13.1 Å². The molecule has 3 N–H and O–H groups in total.